The van der Waals surface area contributed by atoms with E-state index in [1.807, 2.05) is 29.2 Å². The largest absolute Gasteiger partial charge is 0.379 e. The number of hydrogen-bond donors (Lipinski definition) is 2. The van der Waals surface area contributed by atoms with E-state index in [1.165, 1.54) is 13.0 Å². The summed E-state index contributed by atoms with van der Waals surface area (Å²) in [6, 6.07) is 14.4. The van der Waals surface area contributed by atoms with E-state index in [1.54, 1.807) is 48.4 Å². The molecule has 0 atom stereocenters. The molecule has 10 nitrogen and oxygen atoms in total. The molecule has 0 saturated carbocycles. The molecule has 1 amide bonds. The zero-order valence-corrected chi connectivity index (χ0v) is 21.8. The van der Waals surface area contributed by atoms with Crippen LogP contribution in [0.5, 0.6) is 0 Å². The third kappa shape index (κ3) is 6.03. The van der Waals surface area contributed by atoms with Crippen molar-refractivity contribution in [2.75, 3.05) is 41.7 Å². The second-order valence-electron chi connectivity index (χ2n) is 9.31. The van der Waals surface area contributed by atoms with Crippen LogP contribution in [0.2, 0.25) is 0 Å². The molecule has 2 aromatic carbocycles. The highest BCUT2D eigenvalue weighted by atomic mass is 19.1. The lowest BCUT2D eigenvalue weighted by atomic mass is 10.1. The molecule has 4 aromatic rings. The van der Waals surface area contributed by atoms with Crippen molar-refractivity contribution in [1.29, 1.82) is 0 Å². The summed E-state index contributed by atoms with van der Waals surface area (Å²) in [5, 5.41) is 14.6. The molecule has 3 heterocycles. The van der Waals surface area contributed by atoms with Gasteiger partial charge in [-0.2, -0.15) is 0 Å². The molecule has 11 heteroatoms. The van der Waals surface area contributed by atoms with Crippen molar-refractivity contribution in [1.82, 2.24) is 24.6 Å². The number of amides is 1. The monoisotopic (exact) mass is 528 g/mol. The molecule has 0 bridgehead atoms. The number of aromatic nitrogens is 4. The van der Waals surface area contributed by atoms with Gasteiger partial charge in [0.2, 0.25) is 5.91 Å². The van der Waals surface area contributed by atoms with Crippen LogP contribution in [0, 0.1) is 5.82 Å². The Hall–Kier alpha value is -4.80. The van der Waals surface area contributed by atoms with Crippen molar-refractivity contribution >= 4 is 34.6 Å². The average molecular weight is 529 g/mol. The van der Waals surface area contributed by atoms with E-state index >= 15 is 0 Å². The molecule has 1 saturated heterocycles. The van der Waals surface area contributed by atoms with Crippen molar-refractivity contribution in [3.63, 3.8) is 0 Å². The van der Waals surface area contributed by atoms with Crippen molar-refractivity contribution < 1.29 is 14.0 Å². The number of carbonyl (C=O) groups excluding carboxylic acids is 2. The third-order valence-corrected chi connectivity index (χ3v) is 6.66. The molecular formula is C28H29FN8O2. The predicted molar refractivity (Wildman–Crippen MR) is 147 cm³/mol. The second kappa shape index (κ2) is 11.3. The Kier molecular flexibility index (Phi) is 7.48. The van der Waals surface area contributed by atoms with Gasteiger partial charge >= 0.3 is 0 Å². The number of hydrogen-bond acceptors (Lipinski definition) is 8. The number of nitrogens with one attached hydrogen (secondary N) is 2. The Morgan fingerprint density at radius 1 is 0.949 bits per heavy atom. The third-order valence-electron chi connectivity index (χ3n) is 6.66. The van der Waals surface area contributed by atoms with Crippen LogP contribution >= 0.6 is 0 Å². The van der Waals surface area contributed by atoms with Crippen molar-refractivity contribution in [3.05, 3.63) is 84.3 Å². The highest BCUT2D eigenvalue weighted by Crippen LogP contribution is 2.25. The normalized spacial score (nSPS) is 13.3. The standard InChI is InChI=1S/C28H29FN8O2/c1-19(38)28-26(31-17-21-15-24(7-8-25(21)29)37-10-9-30-18-37)16-27(33-34-28)32-22-3-5-23(6-4-22)36-13-11-35(12-14-36)20(2)39/h3-10,15-16,18H,11-14,17H2,1-2H3,(H2,31,32,33). The highest BCUT2D eigenvalue weighted by Gasteiger charge is 2.19. The van der Waals surface area contributed by atoms with Gasteiger partial charge in [-0.05, 0) is 42.5 Å². The second-order valence-corrected chi connectivity index (χ2v) is 9.31. The minimum atomic E-state index is -0.362. The van der Waals surface area contributed by atoms with E-state index < -0.39 is 0 Å². The number of piperazine rings is 1. The summed E-state index contributed by atoms with van der Waals surface area (Å²) in [4.78, 5) is 31.9. The minimum absolute atomic E-state index is 0.105. The number of halogens is 1. The average Bonchev–Trinajstić information content (AvgIpc) is 3.48. The first-order valence-electron chi connectivity index (χ1n) is 12.6. The summed E-state index contributed by atoms with van der Waals surface area (Å²) in [7, 11) is 0. The van der Waals surface area contributed by atoms with Gasteiger partial charge in [-0.1, -0.05) is 0 Å². The number of rotatable bonds is 8. The topological polar surface area (TPSA) is 108 Å². The summed E-state index contributed by atoms with van der Waals surface area (Å²) in [5.41, 5.74) is 3.71. The summed E-state index contributed by atoms with van der Waals surface area (Å²) < 4.78 is 16.4. The Morgan fingerprint density at radius 2 is 1.69 bits per heavy atom. The molecule has 2 aromatic heterocycles. The van der Waals surface area contributed by atoms with Gasteiger partial charge in [-0.15, -0.1) is 10.2 Å². The number of anilines is 4. The zero-order valence-electron chi connectivity index (χ0n) is 21.8. The summed E-state index contributed by atoms with van der Waals surface area (Å²) in [6.45, 7) is 6.14. The molecular weight excluding hydrogens is 499 g/mol. The smallest absolute Gasteiger partial charge is 0.219 e. The molecule has 0 radical (unpaired) electrons. The van der Waals surface area contributed by atoms with Crippen LogP contribution in [0.3, 0.4) is 0 Å². The lowest BCUT2D eigenvalue weighted by Crippen LogP contribution is -2.48. The van der Waals surface area contributed by atoms with Crippen LogP contribution < -0.4 is 15.5 Å². The fraction of sp³-hybridized carbons (Fsp3) is 0.250. The number of carbonyl (C=O) groups is 2. The maximum Gasteiger partial charge on any atom is 0.219 e. The van der Waals surface area contributed by atoms with Gasteiger partial charge in [0.05, 0.1) is 12.0 Å². The fourth-order valence-electron chi connectivity index (χ4n) is 4.49. The van der Waals surface area contributed by atoms with Gasteiger partial charge in [-0.3, -0.25) is 9.59 Å². The molecule has 5 rings (SSSR count). The first kappa shape index (κ1) is 25.8. The molecule has 39 heavy (non-hydrogen) atoms. The van der Waals surface area contributed by atoms with Crippen molar-refractivity contribution in [2.24, 2.45) is 0 Å². The first-order valence-corrected chi connectivity index (χ1v) is 12.6. The number of imidazole rings is 1. The summed E-state index contributed by atoms with van der Waals surface area (Å²) in [5.74, 6) is -0.0663. The van der Waals surface area contributed by atoms with Gasteiger partial charge in [0, 0.05) is 87.7 Å². The van der Waals surface area contributed by atoms with E-state index in [0.29, 0.717) is 30.2 Å². The predicted octanol–water partition coefficient (Wildman–Crippen LogP) is 4.03. The quantitative estimate of drug-likeness (QED) is 0.330. The number of nitrogens with zero attached hydrogens (tertiary/aromatic N) is 6. The minimum Gasteiger partial charge on any atom is -0.379 e. The molecule has 1 aliphatic heterocycles. The number of ketones is 1. The highest BCUT2D eigenvalue weighted by molar-refractivity contribution is 5.97. The van der Waals surface area contributed by atoms with Gasteiger partial charge in [-0.25, -0.2) is 9.37 Å². The van der Waals surface area contributed by atoms with Gasteiger partial charge in [0.25, 0.3) is 0 Å². The van der Waals surface area contributed by atoms with Crippen LogP contribution in [0.4, 0.5) is 27.3 Å². The van der Waals surface area contributed by atoms with Crippen molar-refractivity contribution in [3.8, 4) is 5.69 Å². The van der Waals surface area contributed by atoms with Gasteiger partial charge < -0.3 is 25.0 Å². The van der Waals surface area contributed by atoms with E-state index in [-0.39, 0.29) is 29.7 Å². The fourth-order valence-corrected chi connectivity index (χ4v) is 4.49. The molecule has 1 fully saturated rings. The van der Waals surface area contributed by atoms with Crippen LogP contribution in [0.15, 0.2) is 67.3 Å². The van der Waals surface area contributed by atoms with E-state index in [9.17, 15) is 14.0 Å². The molecule has 0 aliphatic carbocycles. The van der Waals surface area contributed by atoms with Crippen LogP contribution in [-0.4, -0.2) is 62.5 Å². The van der Waals surface area contributed by atoms with E-state index in [0.717, 1.165) is 30.2 Å². The molecule has 0 unspecified atom stereocenters. The first-order chi connectivity index (χ1) is 18.9. The summed E-state index contributed by atoms with van der Waals surface area (Å²) >= 11 is 0. The Balaban J connectivity index is 1.28. The lowest BCUT2D eigenvalue weighted by Gasteiger charge is -2.35. The lowest BCUT2D eigenvalue weighted by molar-refractivity contribution is -0.129. The van der Waals surface area contributed by atoms with Gasteiger partial charge in [0.1, 0.15) is 5.82 Å². The summed E-state index contributed by atoms with van der Waals surface area (Å²) in [6.07, 6.45) is 5.08. The van der Waals surface area contributed by atoms with Crippen LogP contribution in [-0.2, 0) is 11.3 Å². The van der Waals surface area contributed by atoms with Crippen molar-refractivity contribution in [2.45, 2.75) is 20.4 Å². The van der Waals surface area contributed by atoms with Crippen LogP contribution in [0.25, 0.3) is 5.69 Å². The van der Waals surface area contributed by atoms with E-state index in [2.05, 4.69) is 30.7 Å². The zero-order chi connectivity index (χ0) is 27.4. The molecule has 1 aliphatic rings. The van der Waals surface area contributed by atoms with Gasteiger partial charge in [0.15, 0.2) is 17.3 Å². The molecule has 0 spiro atoms. The maximum atomic E-state index is 14.6. The Labute approximate surface area is 225 Å². The maximum absolute atomic E-state index is 14.6. The molecule has 200 valence electrons. The number of benzene rings is 2. The Bertz CT molecular complexity index is 1470. The number of Topliss-reactive ketones (excluding diaryl/α,β-unsaturated/α-hetero) is 1. The van der Waals surface area contributed by atoms with Crippen LogP contribution in [0.1, 0.15) is 29.9 Å². The molecule has 2 N–H and O–H groups in total. The van der Waals surface area contributed by atoms with E-state index in [4.69, 9.17) is 0 Å². The Morgan fingerprint density at radius 3 is 2.36 bits per heavy atom. The SMILES string of the molecule is CC(=O)c1nnc(Nc2ccc(N3CCN(C(C)=O)CC3)cc2)cc1NCc1cc(-n2ccnc2)ccc1F.